The number of nitrogens with one attached hydrogen (secondary N) is 1. The third kappa shape index (κ3) is 50.9. The van der Waals surface area contributed by atoms with Gasteiger partial charge in [-0.15, -0.1) is 0 Å². The molecule has 3 unspecified atom stereocenters. The van der Waals surface area contributed by atoms with Gasteiger partial charge in [0.1, 0.15) is 13.2 Å². The van der Waals surface area contributed by atoms with Crippen LogP contribution in [0.3, 0.4) is 0 Å². The summed E-state index contributed by atoms with van der Waals surface area (Å²) in [5, 5.41) is 13.9. The fourth-order valence-electron chi connectivity index (χ4n) is 8.74. The van der Waals surface area contributed by atoms with Crippen molar-refractivity contribution in [2.75, 3.05) is 40.9 Å². The van der Waals surface area contributed by atoms with Crippen molar-refractivity contribution in [3.8, 4) is 0 Å². The molecule has 0 saturated carbocycles. The van der Waals surface area contributed by atoms with Crippen LogP contribution in [0, 0.1) is 0 Å². The Kier molecular flexibility index (Phi) is 47.7. The highest BCUT2D eigenvalue weighted by Crippen LogP contribution is 2.38. The van der Waals surface area contributed by atoms with Gasteiger partial charge < -0.3 is 28.8 Å². The lowest BCUT2D eigenvalue weighted by Crippen LogP contribution is -2.45. The molecule has 0 aromatic heterocycles. The van der Waals surface area contributed by atoms with Crippen LogP contribution in [0.5, 0.6) is 0 Å². The fraction of sp³-hybridized carbons (Fsp3) is 0.946. The number of unbranched alkanes of at least 4 members (excludes halogenated alkanes) is 40. The lowest BCUT2D eigenvalue weighted by molar-refractivity contribution is -0.870. The van der Waals surface area contributed by atoms with Crippen molar-refractivity contribution in [2.24, 2.45) is 0 Å². The number of phosphoric acid groups is 1. The number of carbonyl (C=O) groups is 1. The Morgan fingerprint density at radius 3 is 1.15 bits per heavy atom. The second-order valence-corrected chi connectivity index (χ2v) is 22.4. The standard InChI is InChI=1S/C56H113N2O6P/c1-6-8-10-12-14-16-18-20-22-24-26-28-30-32-34-36-38-40-42-44-46-48-50-56(60)57-54(53-64-65(61,62)63-52-51-58(3,4)5)55(59)49-47-45-43-41-39-37-35-33-31-29-27-25-23-21-19-17-15-13-11-9-7-2/h47,49,54-55,59H,6-46,48,50-53H2,1-5H3,(H-,57,60,61,62)/b49-47+. The molecule has 1 amide bonds. The van der Waals surface area contributed by atoms with E-state index >= 15 is 0 Å². The molecular weight excluding hydrogens is 828 g/mol. The average molecular weight is 942 g/mol. The summed E-state index contributed by atoms with van der Waals surface area (Å²) in [5.74, 6) is -0.190. The summed E-state index contributed by atoms with van der Waals surface area (Å²) in [4.78, 5) is 25.5. The highest BCUT2D eigenvalue weighted by atomic mass is 31.2. The number of likely N-dealkylation sites (N-methyl/N-ethyl adjacent to an activating group) is 1. The minimum absolute atomic E-state index is 0.00269. The maximum absolute atomic E-state index is 13.0. The Hall–Kier alpha value is -0.760. The van der Waals surface area contributed by atoms with Crippen molar-refractivity contribution in [2.45, 2.75) is 302 Å². The van der Waals surface area contributed by atoms with Crippen molar-refractivity contribution in [3.63, 3.8) is 0 Å². The summed E-state index contributed by atoms with van der Waals surface area (Å²) in [7, 11) is 1.28. The molecule has 0 aromatic carbocycles. The predicted molar refractivity (Wildman–Crippen MR) is 279 cm³/mol. The van der Waals surface area contributed by atoms with Gasteiger partial charge in [0.05, 0.1) is 39.9 Å². The average Bonchev–Trinajstić information content (AvgIpc) is 3.26. The Morgan fingerprint density at radius 1 is 0.523 bits per heavy atom. The zero-order valence-corrected chi connectivity index (χ0v) is 45.1. The van der Waals surface area contributed by atoms with Gasteiger partial charge in [0.15, 0.2) is 0 Å². The summed E-state index contributed by atoms with van der Waals surface area (Å²) >= 11 is 0. The van der Waals surface area contributed by atoms with E-state index in [9.17, 15) is 19.4 Å². The van der Waals surface area contributed by atoms with Crippen LogP contribution in [0.1, 0.15) is 290 Å². The summed E-state index contributed by atoms with van der Waals surface area (Å²) in [6.07, 6.45) is 58.5. The largest absolute Gasteiger partial charge is 0.756 e. The molecular formula is C56H113N2O6P. The van der Waals surface area contributed by atoms with E-state index < -0.39 is 20.0 Å². The minimum atomic E-state index is -4.59. The number of phosphoric ester groups is 1. The Morgan fingerprint density at radius 2 is 0.831 bits per heavy atom. The van der Waals surface area contributed by atoms with E-state index in [1.165, 1.54) is 231 Å². The number of hydrogen-bond donors (Lipinski definition) is 2. The Labute approximate surface area is 405 Å². The van der Waals surface area contributed by atoms with Crippen molar-refractivity contribution >= 4 is 13.7 Å². The van der Waals surface area contributed by atoms with Gasteiger partial charge in [0, 0.05) is 6.42 Å². The van der Waals surface area contributed by atoms with E-state index in [2.05, 4.69) is 19.2 Å². The number of aliphatic hydroxyl groups is 1. The van der Waals surface area contributed by atoms with Crippen LogP contribution in [0.25, 0.3) is 0 Å². The minimum Gasteiger partial charge on any atom is -0.756 e. The number of allylic oxidation sites excluding steroid dienone is 1. The molecule has 0 fully saturated rings. The molecule has 2 N–H and O–H groups in total. The quantitative estimate of drug-likeness (QED) is 0.0272. The van der Waals surface area contributed by atoms with Gasteiger partial charge in [-0.1, -0.05) is 276 Å². The van der Waals surface area contributed by atoms with Crippen molar-refractivity contribution in [1.82, 2.24) is 5.32 Å². The van der Waals surface area contributed by atoms with Gasteiger partial charge in [-0.3, -0.25) is 9.36 Å². The number of nitrogens with zero attached hydrogens (tertiary/aromatic N) is 1. The molecule has 0 bridgehead atoms. The van der Waals surface area contributed by atoms with Crippen molar-refractivity contribution < 1.29 is 32.9 Å². The molecule has 0 aliphatic heterocycles. The summed E-state index contributed by atoms with van der Waals surface area (Å²) in [5.41, 5.74) is 0. The Balaban J connectivity index is 4.20. The van der Waals surface area contributed by atoms with E-state index in [4.69, 9.17) is 9.05 Å². The maximum Gasteiger partial charge on any atom is 0.268 e. The van der Waals surface area contributed by atoms with Crippen LogP contribution in [0.4, 0.5) is 0 Å². The topological polar surface area (TPSA) is 108 Å². The first-order chi connectivity index (χ1) is 31.5. The highest BCUT2D eigenvalue weighted by molar-refractivity contribution is 7.45. The summed E-state index contributed by atoms with van der Waals surface area (Å²) in [6, 6.07) is -0.882. The zero-order valence-electron chi connectivity index (χ0n) is 44.2. The van der Waals surface area contributed by atoms with Crippen molar-refractivity contribution in [1.29, 1.82) is 0 Å². The molecule has 0 spiro atoms. The van der Waals surface area contributed by atoms with Gasteiger partial charge in [-0.2, -0.15) is 0 Å². The van der Waals surface area contributed by atoms with Crippen molar-refractivity contribution in [3.05, 3.63) is 12.2 Å². The van der Waals surface area contributed by atoms with E-state index in [-0.39, 0.29) is 19.1 Å². The number of rotatable bonds is 53. The molecule has 65 heavy (non-hydrogen) atoms. The van der Waals surface area contributed by atoms with Crippen LogP contribution in [0.2, 0.25) is 0 Å². The number of hydrogen-bond acceptors (Lipinski definition) is 6. The monoisotopic (exact) mass is 941 g/mol. The van der Waals surface area contributed by atoms with E-state index in [1.807, 2.05) is 27.2 Å². The molecule has 0 radical (unpaired) electrons. The first-order valence-corrected chi connectivity index (χ1v) is 30.0. The normalized spacial score (nSPS) is 14.0. The molecule has 3 atom stereocenters. The van der Waals surface area contributed by atoms with E-state index in [1.54, 1.807) is 6.08 Å². The van der Waals surface area contributed by atoms with E-state index in [0.717, 1.165) is 38.5 Å². The van der Waals surface area contributed by atoms with Crippen LogP contribution >= 0.6 is 7.82 Å². The first kappa shape index (κ1) is 64.2. The second-order valence-electron chi connectivity index (χ2n) is 21.0. The molecule has 9 heteroatoms. The van der Waals surface area contributed by atoms with E-state index in [0.29, 0.717) is 17.4 Å². The first-order valence-electron chi connectivity index (χ1n) is 28.6. The number of carbonyl (C=O) groups excluding carboxylic acids is 1. The van der Waals surface area contributed by atoms with Gasteiger partial charge in [0.2, 0.25) is 5.91 Å². The van der Waals surface area contributed by atoms with Crippen LogP contribution in [0.15, 0.2) is 12.2 Å². The van der Waals surface area contributed by atoms with Crippen LogP contribution in [-0.4, -0.2) is 68.5 Å². The molecule has 0 aliphatic carbocycles. The van der Waals surface area contributed by atoms with Gasteiger partial charge in [0.25, 0.3) is 7.82 Å². The lowest BCUT2D eigenvalue weighted by atomic mass is 10.0. The highest BCUT2D eigenvalue weighted by Gasteiger charge is 2.23. The summed E-state index contributed by atoms with van der Waals surface area (Å²) in [6.45, 7) is 4.70. The number of amides is 1. The van der Waals surface area contributed by atoms with Crippen LogP contribution < -0.4 is 10.2 Å². The maximum atomic E-state index is 13.0. The molecule has 0 heterocycles. The van der Waals surface area contributed by atoms with Gasteiger partial charge >= 0.3 is 0 Å². The molecule has 8 nitrogen and oxygen atoms in total. The van der Waals surface area contributed by atoms with Crippen LogP contribution in [-0.2, 0) is 18.4 Å². The lowest BCUT2D eigenvalue weighted by Gasteiger charge is -2.29. The molecule has 388 valence electrons. The molecule has 0 aromatic rings. The SMILES string of the molecule is CCCCCCCCCCCCCCCCCCCCC/C=C/C(O)C(COP(=O)([O-])OCC[N+](C)(C)C)NC(=O)CCCCCCCCCCCCCCCCCCCCCCCC. The summed E-state index contributed by atoms with van der Waals surface area (Å²) < 4.78 is 23.4. The predicted octanol–water partition coefficient (Wildman–Crippen LogP) is 16.4. The third-order valence-corrected chi connectivity index (χ3v) is 14.2. The number of quaternary nitrogens is 1. The number of aliphatic hydroxyl groups excluding tert-OH is 1. The molecule has 0 aliphatic rings. The molecule has 0 saturated heterocycles. The molecule has 0 rings (SSSR count). The smallest absolute Gasteiger partial charge is 0.268 e. The fourth-order valence-corrected chi connectivity index (χ4v) is 9.47. The zero-order chi connectivity index (χ0) is 47.8. The van der Waals surface area contributed by atoms with Gasteiger partial charge in [-0.25, -0.2) is 0 Å². The third-order valence-electron chi connectivity index (χ3n) is 13.2. The second kappa shape index (κ2) is 48.3. The Bertz CT molecular complexity index is 1070. The van der Waals surface area contributed by atoms with Gasteiger partial charge in [-0.05, 0) is 19.3 Å².